The van der Waals surface area contributed by atoms with Crippen molar-refractivity contribution in [3.8, 4) is 0 Å². The van der Waals surface area contributed by atoms with E-state index in [0.717, 1.165) is 50.5 Å². The number of anilines is 1. The fraction of sp³-hybridized carbons (Fsp3) is 0.692. The Morgan fingerprint density at radius 3 is 2.39 bits per heavy atom. The zero-order valence-corrected chi connectivity index (χ0v) is 11.4. The first-order valence-electron chi connectivity index (χ1n) is 6.84. The summed E-state index contributed by atoms with van der Waals surface area (Å²) in [6, 6.07) is 0. The summed E-state index contributed by atoms with van der Waals surface area (Å²) in [5, 5.41) is 12.2. The highest BCUT2D eigenvalue weighted by atomic mass is 15.3. The molecule has 0 unspecified atom stereocenters. The van der Waals surface area contributed by atoms with Gasteiger partial charge in [-0.3, -0.25) is 0 Å². The van der Waals surface area contributed by atoms with Crippen molar-refractivity contribution < 1.29 is 0 Å². The Kier molecular flexibility index (Phi) is 4.49. The van der Waals surface area contributed by atoms with E-state index in [2.05, 4.69) is 34.3 Å². The van der Waals surface area contributed by atoms with E-state index in [-0.39, 0.29) is 0 Å². The van der Waals surface area contributed by atoms with Crippen molar-refractivity contribution in [2.75, 3.05) is 31.1 Å². The van der Waals surface area contributed by atoms with Gasteiger partial charge in [-0.05, 0) is 18.4 Å². The number of aromatic nitrogens is 2. The Morgan fingerprint density at radius 2 is 1.83 bits per heavy atom. The number of nitrogens with one attached hydrogen (secondary N) is 1. The van der Waals surface area contributed by atoms with Gasteiger partial charge in [-0.1, -0.05) is 13.8 Å². The molecule has 0 amide bonds. The fourth-order valence-corrected chi connectivity index (χ4v) is 2.58. The fourth-order valence-electron chi connectivity index (χ4n) is 2.58. The number of hydrogen-bond donors (Lipinski definition) is 2. The van der Waals surface area contributed by atoms with Crippen LogP contribution < -0.4 is 16.0 Å². The van der Waals surface area contributed by atoms with Gasteiger partial charge in [-0.15, -0.1) is 5.10 Å². The number of nitrogens with two attached hydrogens (primary N) is 1. The molecule has 0 bridgehead atoms. The lowest BCUT2D eigenvalue weighted by Crippen LogP contribution is -2.44. The van der Waals surface area contributed by atoms with E-state index in [1.807, 2.05) is 0 Å². The zero-order valence-electron chi connectivity index (χ0n) is 11.4. The third-order valence-electron chi connectivity index (χ3n) is 3.56. The van der Waals surface area contributed by atoms with Gasteiger partial charge in [0.25, 0.3) is 0 Å². The van der Waals surface area contributed by atoms with Gasteiger partial charge >= 0.3 is 0 Å². The maximum absolute atomic E-state index is 5.95. The molecule has 2 rings (SSSR count). The molecule has 2 heterocycles. The molecule has 1 aromatic rings. The molecule has 1 aliphatic heterocycles. The molecule has 5 nitrogen and oxygen atoms in total. The van der Waals surface area contributed by atoms with E-state index < -0.39 is 0 Å². The summed E-state index contributed by atoms with van der Waals surface area (Å²) in [6.07, 6.45) is 1.90. The minimum absolute atomic E-state index is 0.547. The second kappa shape index (κ2) is 6.11. The Balaban J connectivity index is 2.40. The average Bonchev–Trinajstić information content (AvgIpc) is 2.46. The normalized spacial score (nSPS) is 16.1. The van der Waals surface area contributed by atoms with Crippen molar-refractivity contribution in [2.45, 2.75) is 33.2 Å². The Bertz CT molecular complexity index is 399. The van der Waals surface area contributed by atoms with Crippen molar-refractivity contribution in [3.05, 3.63) is 16.8 Å². The lowest BCUT2D eigenvalue weighted by molar-refractivity contribution is 0.579. The molecule has 5 heteroatoms. The largest absolute Gasteiger partial charge is 0.352 e. The second-order valence-electron chi connectivity index (χ2n) is 4.58. The van der Waals surface area contributed by atoms with E-state index in [4.69, 9.17) is 5.73 Å². The lowest BCUT2D eigenvalue weighted by atomic mass is 10.0. The summed E-state index contributed by atoms with van der Waals surface area (Å²) in [4.78, 5) is 2.30. The Labute approximate surface area is 109 Å². The molecular weight excluding hydrogens is 226 g/mol. The molecule has 0 aliphatic carbocycles. The van der Waals surface area contributed by atoms with Crippen LogP contribution in [-0.4, -0.2) is 36.4 Å². The minimum atomic E-state index is 0.547. The standard InChI is InChI=1S/C13H23N5/c1-3-10-11(9-14)13(17-16-12(10)4-2)18-7-5-15-6-8-18/h15H,3-9,14H2,1-2H3. The van der Waals surface area contributed by atoms with Gasteiger partial charge in [-0.2, -0.15) is 5.10 Å². The number of nitrogens with zero attached hydrogens (tertiary/aromatic N) is 3. The molecule has 1 aliphatic rings. The van der Waals surface area contributed by atoms with Crippen LogP contribution in [0.3, 0.4) is 0 Å². The molecule has 0 atom stereocenters. The maximum Gasteiger partial charge on any atom is 0.156 e. The van der Waals surface area contributed by atoms with E-state index in [1.165, 1.54) is 11.1 Å². The van der Waals surface area contributed by atoms with Crippen LogP contribution in [0.2, 0.25) is 0 Å². The first kappa shape index (κ1) is 13.2. The monoisotopic (exact) mass is 249 g/mol. The van der Waals surface area contributed by atoms with E-state index in [0.29, 0.717) is 6.54 Å². The van der Waals surface area contributed by atoms with Crippen LogP contribution in [0.5, 0.6) is 0 Å². The molecule has 1 fully saturated rings. The highest BCUT2D eigenvalue weighted by Gasteiger charge is 2.19. The molecule has 1 saturated heterocycles. The first-order valence-corrected chi connectivity index (χ1v) is 6.84. The lowest BCUT2D eigenvalue weighted by Gasteiger charge is -2.30. The molecule has 3 N–H and O–H groups in total. The SMILES string of the molecule is CCc1nnc(N2CCNCC2)c(CN)c1CC. The highest BCUT2D eigenvalue weighted by Crippen LogP contribution is 2.23. The van der Waals surface area contributed by atoms with Crippen LogP contribution in [0.25, 0.3) is 0 Å². The van der Waals surface area contributed by atoms with Crippen LogP contribution in [0.1, 0.15) is 30.7 Å². The van der Waals surface area contributed by atoms with Crippen LogP contribution in [0, 0.1) is 0 Å². The molecule has 0 aromatic carbocycles. The van der Waals surface area contributed by atoms with Crippen molar-refractivity contribution in [2.24, 2.45) is 5.73 Å². The number of rotatable bonds is 4. The summed E-state index contributed by atoms with van der Waals surface area (Å²) in [6.45, 7) is 8.80. The van der Waals surface area contributed by atoms with Gasteiger partial charge in [0.15, 0.2) is 5.82 Å². The van der Waals surface area contributed by atoms with Crippen LogP contribution in [0.4, 0.5) is 5.82 Å². The van der Waals surface area contributed by atoms with E-state index in [9.17, 15) is 0 Å². The molecule has 0 radical (unpaired) electrons. The highest BCUT2D eigenvalue weighted by molar-refractivity contribution is 5.51. The Hall–Kier alpha value is -1.20. The molecule has 100 valence electrons. The molecule has 18 heavy (non-hydrogen) atoms. The minimum Gasteiger partial charge on any atom is -0.352 e. The molecule has 1 aromatic heterocycles. The quantitative estimate of drug-likeness (QED) is 0.812. The van der Waals surface area contributed by atoms with E-state index >= 15 is 0 Å². The second-order valence-corrected chi connectivity index (χ2v) is 4.58. The van der Waals surface area contributed by atoms with E-state index in [1.54, 1.807) is 0 Å². The third-order valence-corrected chi connectivity index (χ3v) is 3.56. The van der Waals surface area contributed by atoms with Gasteiger partial charge in [0.2, 0.25) is 0 Å². The average molecular weight is 249 g/mol. The topological polar surface area (TPSA) is 67.1 Å². The zero-order chi connectivity index (χ0) is 13.0. The van der Waals surface area contributed by atoms with Crippen molar-refractivity contribution in [3.63, 3.8) is 0 Å². The van der Waals surface area contributed by atoms with Gasteiger partial charge in [-0.25, -0.2) is 0 Å². The summed E-state index contributed by atoms with van der Waals surface area (Å²) < 4.78 is 0. The first-order chi connectivity index (χ1) is 8.81. The van der Waals surface area contributed by atoms with Crippen molar-refractivity contribution >= 4 is 5.82 Å². The van der Waals surface area contributed by atoms with Crippen molar-refractivity contribution in [1.29, 1.82) is 0 Å². The summed E-state index contributed by atoms with van der Waals surface area (Å²) in [5.41, 5.74) is 9.52. The van der Waals surface area contributed by atoms with Crippen LogP contribution in [-0.2, 0) is 19.4 Å². The van der Waals surface area contributed by atoms with Gasteiger partial charge in [0, 0.05) is 38.3 Å². The van der Waals surface area contributed by atoms with Gasteiger partial charge in [0.1, 0.15) is 0 Å². The summed E-state index contributed by atoms with van der Waals surface area (Å²) in [5.74, 6) is 0.994. The van der Waals surface area contributed by atoms with Gasteiger partial charge < -0.3 is 16.0 Å². The molecular formula is C13H23N5. The summed E-state index contributed by atoms with van der Waals surface area (Å²) in [7, 11) is 0. The van der Waals surface area contributed by atoms with Crippen LogP contribution >= 0.6 is 0 Å². The molecule has 0 spiro atoms. The van der Waals surface area contributed by atoms with Crippen molar-refractivity contribution in [1.82, 2.24) is 15.5 Å². The van der Waals surface area contributed by atoms with Gasteiger partial charge in [0.05, 0.1) is 5.69 Å². The predicted octanol–water partition coefficient (Wildman–Crippen LogP) is 0.470. The summed E-state index contributed by atoms with van der Waals surface area (Å²) >= 11 is 0. The third kappa shape index (κ3) is 2.47. The molecule has 0 saturated carbocycles. The van der Waals surface area contributed by atoms with Crippen LogP contribution in [0.15, 0.2) is 0 Å². The number of hydrogen-bond acceptors (Lipinski definition) is 5. The number of piperazine rings is 1. The smallest absolute Gasteiger partial charge is 0.156 e. The maximum atomic E-state index is 5.95. The predicted molar refractivity (Wildman–Crippen MR) is 73.8 cm³/mol. The number of aryl methyl sites for hydroxylation is 1. The Morgan fingerprint density at radius 1 is 1.11 bits per heavy atom.